The van der Waals surface area contributed by atoms with Crippen LogP contribution in [0.15, 0.2) is 35.6 Å². The van der Waals surface area contributed by atoms with E-state index in [1.165, 1.54) is 24.5 Å². The smallest absolute Gasteiger partial charge is 0.263 e. The van der Waals surface area contributed by atoms with Gasteiger partial charge in [-0.05, 0) is 29.5 Å². The molecule has 10 nitrogen and oxygen atoms in total. The van der Waals surface area contributed by atoms with Crippen molar-refractivity contribution in [3.8, 4) is 11.3 Å². The predicted molar refractivity (Wildman–Crippen MR) is 81.9 cm³/mol. The van der Waals surface area contributed by atoms with Gasteiger partial charge < -0.3 is 5.73 Å². The van der Waals surface area contributed by atoms with E-state index in [0.29, 0.717) is 11.3 Å². The van der Waals surface area contributed by atoms with Gasteiger partial charge in [0, 0.05) is 11.1 Å². The summed E-state index contributed by atoms with van der Waals surface area (Å²) in [6, 6.07) is 5.91. The Bertz CT molecular complexity index is 868. The minimum Gasteiger partial charge on any atom is -0.365 e. The first-order valence-corrected chi connectivity index (χ1v) is 6.76. The number of aromatic amines is 1. The molecule has 0 spiro atoms. The summed E-state index contributed by atoms with van der Waals surface area (Å²) in [6.07, 6.45) is 2.96. The molecule has 0 aliphatic rings. The first-order valence-electron chi connectivity index (χ1n) is 6.76. The van der Waals surface area contributed by atoms with Crippen LogP contribution in [0.4, 0.5) is 10.3 Å². The Morgan fingerprint density at radius 1 is 1.42 bits per heavy atom. The Labute approximate surface area is 134 Å². The van der Waals surface area contributed by atoms with Gasteiger partial charge in [0.15, 0.2) is 0 Å². The first-order chi connectivity index (χ1) is 11.6. The molecule has 4 N–H and O–H groups in total. The number of benzene rings is 1. The average Bonchev–Trinajstić information content (AvgIpc) is 3.17. The van der Waals surface area contributed by atoms with Crippen LogP contribution in [0.3, 0.4) is 0 Å². The molecule has 122 valence electrons. The Kier molecular flexibility index (Phi) is 4.23. The molecule has 0 unspecified atom stereocenters. The third kappa shape index (κ3) is 3.58. The van der Waals surface area contributed by atoms with E-state index in [0.717, 1.165) is 10.4 Å². The van der Waals surface area contributed by atoms with E-state index in [9.17, 15) is 9.18 Å². The molecule has 0 aliphatic heterocycles. The lowest BCUT2D eigenvalue weighted by Gasteiger charge is -2.00. The summed E-state index contributed by atoms with van der Waals surface area (Å²) < 4.78 is 13.0. The lowest BCUT2D eigenvalue weighted by Crippen LogP contribution is -2.24. The maximum absolute atomic E-state index is 13.0. The van der Waals surface area contributed by atoms with Gasteiger partial charge in [0.2, 0.25) is 0 Å². The van der Waals surface area contributed by atoms with E-state index in [2.05, 4.69) is 36.1 Å². The van der Waals surface area contributed by atoms with Crippen LogP contribution in [0.2, 0.25) is 0 Å². The molecule has 1 aromatic carbocycles. The van der Waals surface area contributed by atoms with Crippen molar-refractivity contribution in [3.63, 3.8) is 0 Å². The van der Waals surface area contributed by atoms with Gasteiger partial charge in [-0.25, -0.2) is 9.82 Å². The van der Waals surface area contributed by atoms with Crippen LogP contribution in [-0.4, -0.2) is 42.5 Å². The topological polar surface area (TPSA) is 140 Å². The molecule has 0 saturated carbocycles. The number of rotatable bonds is 5. The number of halogens is 1. The van der Waals surface area contributed by atoms with Crippen LogP contribution in [0.1, 0.15) is 5.56 Å². The number of hydrogen-bond donors (Lipinski definition) is 3. The predicted octanol–water partition coefficient (Wildman–Crippen LogP) is -0.0652. The first kappa shape index (κ1) is 15.3. The number of hydrazone groups is 1. The molecule has 0 atom stereocenters. The average molecular weight is 329 g/mol. The van der Waals surface area contributed by atoms with Gasteiger partial charge in [0.1, 0.15) is 12.4 Å². The maximum Gasteiger partial charge on any atom is 0.263 e. The van der Waals surface area contributed by atoms with Gasteiger partial charge in [0.05, 0.1) is 18.1 Å². The molecule has 2 aromatic heterocycles. The van der Waals surface area contributed by atoms with Crippen LogP contribution >= 0.6 is 0 Å². The Morgan fingerprint density at radius 3 is 2.92 bits per heavy atom. The number of nitrogens with one attached hydrogen (secondary N) is 2. The van der Waals surface area contributed by atoms with Crippen LogP contribution < -0.4 is 11.2 Å². The second-order valence-electron chi connectivity index (χ2n) is 4.68. The van der Waals surface area contributed by atoms with Crippen molar-refractivity contribution in [1.29, 1.82) is 0 Å². The minimum absolute atomic E-state index is 0.0198. The second kappa shape index (κ2) is 6.64. The molecule has 11 heteroatoms. The SMILES string of the molecule is Nc1nnn(CC(=O)NN=Cc2cn[nH]c2-c2ccc(F)cc2)n1. The van der Waals surface area contributed by atoms with Crippen molar-refractivity contribution in [3.05, 3.63) is 41.8 Å². The molecule has 3 aromatic rings. The molecule has 0 bridgehead atoms. The number of carbonyl (C=O) groups is 1. The largest absolute Gasteiger partial charge is 0.365 e. The van der Waals surface area contributed by atoms with Gasteiger partial charge in [-0.1, -0.05) is 5.10 Å². The molecule has 0 saturated heterocycles. The monoisotopic (exact) mass is 329 g/mol. The van der Waals surface area contributed by atoms with E-state index in [-0.39, 0.29) is 18.3 Å². The number of carbonyl (C=O) groups excluding carboxylic acids is 1. The third-order valence-electron chi connectivity index (χ3n) is 2.95. The number of hydrogen-bond acceptors (Lipinski definition) is 7. The molecule has 2 heterocycles. The van der Waals surface area contributed by atoms with Crippen LogP contribution in [-0.2, 0) is 11.3 Å². The van der Waals surface area contributed by atoms with Crippen LogP contribution in [0.5, 0.6) is 0 Å². The summed E-state index contributed by atoms with van der Waals surface area (Å²) in [7, 11) is 0. The van der Waals surface area contributed by atoms with Gasteiger partial charge in [0.25, 0.3) is 11.9 Å². The Hall–Kier alpha value is -3.63. The quantitative estimate of drug-likeness (QED) is 0.442. The van der Waals surface area contributed by atoms with Crippen molar-refractivity contribution in [2.45, 2.75) is 6.54 Å². The molecule has 0 radical (unpaired) electrons. The molecule has 0 fully saturated rings. The summed E-state index contributed by atoms with van der Waals surface area (Å²) in [4.78, 5) is 12.7. The summed E-state index contributed by atoms with van der Waals surface area (Å²) in [5, 5.41) is 21.3. The Balaban J connectivity index is 1.64. The van der Waals surface area contributed by atoms with E-state index < -0.39 is 5.91 Å². The third-order valence-corrected chi connectivity index (χ3v) is 2.95. The van der Waals surface area contributed by atoms with Gasteiger partial charge in [-0.15, -0.1) is 5.10 Å². The summed E-state index contributed by atoms with van der Waals surface area (Å²) in [5.41, 5.74) is 9.65. The van der Waals surface area contributed by atoms with Crippen molar-refractivity contribution >= 4 is 18.1 Å². The molecule has 0 aliphatic carbocycles. The molecule has 3 rings (SSSR count). The lowest BCUT2D eigenvalue weighted by atomic mass is 10.1. The van der Waals surface area contributed by atoms with Crippen molar-refractivity contribution in [2.24, 2.45) is 5.10 Å². The zero-order valence-electron chi connectivity index (χ0n) is 12.2. The number of amides is 1. The van der Waals surface area contributed by atoms with Crippen molar-refractivity contribution in [2.75, 3.05) is 5.73 Å². The normalized spacial score (nSPS) is 11.0. The minimum atomic E-state index is -0.449. The lowest BCUT2D eigenvalue weighted by molar-refractivity contribution is -0.122. The fraction of sp³-hybridized carbons (Fsp3) is 0.0769. The highest BCUT2D eigenvalue weighted by molar-refractivity contribution is 5.89. The molecular weight excluding hydrogens is 317 g/mol. The van der Waals surface area contributed by atoms with Crippen LogP contribution in [0.25, 0.3) is 11.3 Å². The zero-order valence-corrected chi connectivity index (χ0v) is 12.2. The highest BCUT2D eigenvalue weighted by Crippen LogP contribution is 2.19. The van der Waals surface area contributed by atoms with Gasteiger partial charge in [-0.3, -0.25) is 9.89 Å². The standard InChI is InChI=1S/C13H12FN9O/c14-10-3-1-8(2-4-10)12-9(6-17-19-12)5-16-18-11(24)7-23-21-13(15)20-22-23/h1-6H,7H2,(H2,15,21)(H,17,19)(H,18,24). The summed E-state index contributed by atoms with van der Waals surface area (Å²) in [6.45, 7) is -0.169. The van der Waals surface area contributed by atoms with Crippen molar-refractivity contribution in [1.82, 2.24) is 35.8 Å². The van der Waals surface area contributed by atoms with E-state index in [1.807, 2.05) is 0 Å². The molecule has 1 amide bonds. The van der Waals surface area contributed by atoms with Crippen molar-refractivity contribution < 1.29 is 9.18 Å². The fourth-order valence-electron chi connectivity index (χ4n) is 1.90. The van der Waals surface area contributed by atoms with Gasteiger partial charge in [-0.2, -0.15) is 15.0 Å². The van der Waals surface area contributed by atoms with Gasteiger partial charge >= 0.3 is 0 Å². The number of nitrogens with zero attached hydrogens (tertiary/aromatic N) is 6. The number of H-pyrrole nitrogens is 1. The Morgan fingerprint density at radius 2 is 2.21 bits per heavy atom. The van der Waals surface area contributed by atoms with Crippen LogP contribution in [0, 0.1) is 5.82 Å². The van der Waals surface area contributed by atoms with E-state index in [4.69, 9.17) is 5.73 Å². The molecule has 24 heavy (non-hydrogen) atoms. The number of nitrogens with two attached hydrogens (primary N) is 1. The fourth-order valence-corrected chi connectivity index (χ4v) is 1.90. The number of aromatic nitrogens is 6. The number of nitrogen functional groups attached to an aromatic ring is 1. The van der Waals surface area contributed by atoms with E-state index in [1.54, 1.807) is 12.1 Å². The molecular formula is C13H12FN9O. The highest BCUT2D eigenvalue weighted by Gasteiger charge is 2.07. The second-order valence-corrected chi connectivity index (χ2v) is 4.68. The summed E-state index contributed by atoms with van der Waals surface area (Å²) in [5.74, 6) is -0.799. The number of anilines is 1. The maximum atomic E-state index is 13.0. The highest BCUT2D eigenvalue weighted by atomic mass is 19.1. The number of tetrazole rings is 1. The summed E-state index contributed by atoms with van der Waals surface area (Å²) >= 11 is 0. The zero-order chi connectivity index (χ0) is 16.9. The van der Waals surface area contributed by atoms with E-state index >= 15 is 0 Å².